The summed E-state index contributed by atoms with van der Waals surface area (Å²) in [5, 5.41) is 28.4. The number of nitrogens with two attached hydrogens (primary N) is 1. The lowest BCUT2D eigenvalue weighted by atomic mass is 9.34. The Morgan fingerprint density at radius 2 is 1.81 bits per heavy atom. The number of aromatic nitrogens is 4. The van der Waals surface area contributed by atoms with Crippen molar-refractivity contribution in [2.24, 2.45) is 68.5 Å². The Morgan fingerprint density at radius 3 is 2.40 bits per heavy atom. The van der Waals surface area contributed by atoms with Crippen LogP contribution in [0.4, 0.5) is 5.95 Å². The summed E-state index contributed by atoms with van der Waals surface area (Å²) in [5.41, 5.74) is 5.95. The molecule has 2 heterocycles. The number of nitrogens with one attached hydrogen (secondary N) is 1. The molecule has 5 aliphatic rings. The van der Waals surface area contributed by atoms with Crippen molar-refractivity contribution in [3.8, 4) is 0 Å². The summed E-state index contributed by atoms with van der Waals surface area (Å²) >= 11 is 0. The van der Waals surface area contributed by atoms with Gasteiger partial charge >= 0.3 is 5.97 Å². The summed E-state index contributed by atoms with van der Waals surface area (Å²) in [4.78, 5) is 15.4. The summed E-state index contributed by atoms with van der Waals surface area (Å²) in [6.07, 6.45) is 8.96. The first-order chi connectivity index (χ1) is 24.2. The third-order valence-electron chi connectivity index (χ3n) is 16.8. The number of carbonyl (C=O) groups is 1. The van der Waals surface area contributed by atoms with Gasteiger partial charge in [0.15, 0.2) is 0 Å². The lowest BCUT2D eigenvalue weighted by Crippen LogP contribution is -2.70. The quantitative estimate of drug-likeness (QED) is 0.184. The van der Waals surface area contributed by atoms with Gasteiger partial charge in [-0.25, -0.2) is 0 Å². The highest BCUT2D eigenvalue weighted by Crippen LogP contribution is 2.75. The number of aliphatic carboxylic acids is 1. The second-order valence-corrected chi connectivity index (χ2v) is 20.5. The molecule has 3 saturated carbocycles. The molecule has 0 radical (unpaired) electrons. The topological polar surface area (TPSA) is 137 Å². The van der Waals surface area contributed by atoms with Crippen molar-refractivity contribution < 1.29 is 19.4 Å². The van der Waals surface area contributed by atoms with Crippen molar-refractivity contribution in [3.63, 3.8) is 0 Å². The maximum absolute atomic E-state index is 13.6. The van der Waals surface area contributed by atoms with Gasteiger partial charge in [-0.15, -0.1) is 5.10 Å². The van der Waals surface area contributed by atoms with Crippen molar-refractivity contribution in [2.75, 3.05) is 32.1 Å². The fourth-order valence-electron chi connectivity index (χ4n) is 12.8. The molecule has 52 heavy (non-hydrogen) atoms. The van der Waals surface area contributed by atoms with E-state index in [4.69, 9.17) is 15.2 Å². The molecule has 6 rings (SSSR count). The van der Waals surface area contributed by atoms with Gasteiger partial charge in [0, 0.05) is 11.0 Å². The Bertz CT molecular complexity index is 1510. The van der Waals surface area contributed by atoms with Crippen molar-refractivity contribution in [1.29, 1.82) is 0 Å². The predicted octanol–water partition coefficient (Wildman–Crippen LogP) is 7.82. The number of carboxylic acid groups (broad SMARTS) is 1. The first-order valence-corrected chi connectivity index (χ1v) is 20.6. The number of nitrogens with zero attached hydrogens (tertiary/aromatic N) is 4. The molecule has 4 N–H and O–H groups in total. The third-order valence-corrected chi connectivity index (χ3v) is 16.8. The zero-order valence-corrected chi connectivity index (χ0v) is 34.6. The zero-order valence-electron chi connectivity index (χ0n) is 34.6. The number of allylic oxidation sites excluding steroid dienone is 1. The van der Waals surface area contributed by atoms with E-state index in [1.807, 2.05) is 0 Å². The minimum atomic E-state index is -0.632. The number of rotatable bonds is 12. The molecule has 0 spiro atoms. The smallest absolute Gasteiger partial charge is 0.307 e. The number of hydrogen-bond donors (Lipinski definition) is 3. The standard InChI is InChI=1S/C42H72N6O4/c1-25(2)16-20-44-41(12,27(5)6)23-52-34-31(48-46-36(43)45-47-48)21-37(8)22-51-24-42(34)30-15-17-40(11)33(35(49)50)38(9,28(7)26(3)4)18-19-39(40,10)29(30)13-14-32(37)42/h15,25-29,31-34,44H,13-14,16-24H2,1-12H3,(H2,43,46)(H,49,50)/t28-,29+,31-,32-,33-,34+,37-,38-,39-,40+,41+,42+/m1/s1. The lowest BCUT2D eigenvalue weighted by Gasteiger charge is -2.71. The van der Waals surface area contributed by atoms with Gasteiger partial charge in [0.2, 0.25) is 0 Å². The number of ether oxygens (including phenoxy) is 2. The second kappa shape index (κ2) is 13.6. The van der Waals surface area contributed by atoms with Crippen LogP contribution in [0.3, 0.4) is 0 Å². The normalized spacial score (nSPS) is 41.9. The Morgan fingerprint density at radius 1 is 1.10 bits per heavy atom. The van der Waals surface area contributed by atoms with E-state index in [1.165, 1.54) is 5.57 Å². The van der Waals surface area contributed by atoms with Crippen LogP contribution in [0.1, 0.15) is 134 Å². The van der Waals surface area contributed by atoms with E-state index in [2.05, 4.69) is 110 Å². The molecule has 0 unspecified atom stereocenters. The molecule has 1 saturated heterocycles. The van der Waals surface area contributed by atoms with Gasteiger partial charge in [-0.3, -0.25) is 4.79 Å². The molecular weight excluding hydrogens is 653 g/mol. The molecule has 4 aliphatic carbocycles. The van der Waals surface area contributed by atoms with Crippen LogP contribution in [0.2, 0.25) is 0 Å². The molecule has 1 aromatic rings. The molecule has 4 fully saturated rings. The minimum Gasteiger partial charge on any atom is -0.481 e. The molecule has 1 aromatic heterocycles. The average molecular weight is 725 g/mol. The highest BCUT2D eigenvalue weighted by Gasteiger charge is 2.73. The van der Waals surface area contributed by atoms with Crippen molar-refractivity contribution in [2.45, 2.75) is 146 Å². The van der Waals surface area contributed by atoms with Crippen LogP contribution in [-0.4, -0.2) is 69.3 Å². The van der Waals surface area contributed by atoms with Crippen molar-refractivity contribution >= 4 is 11.9 Å². The molecule has 2 bridgehead atoms. The number of nitrogen functional groups attached to an aromatic ring is 1. The molecule has 10 nitrogen and oxygen atoms in total. The van der Waals surface area contributed by atoms with Gasteiger partial charge in [-0.05, 0) is 121 Å². The largest absolute Gasteiger partial charge is 0.481 e. The zero-order chi connectivity index (χ0) is 38.2. The van der Waals surface area contributed by atoms with Crippen LogP contribution in [0.15, 0.2) is 11.6 Å². The van der Waals surface area contributed by atoms with E-state index in [1.54, 1.807) is 4.80 Å². The highest BCUT2D eigenvalue weighted by molar-refractivity contribution is 5.73. The fourth-order valence-corrected chi connectivity index (χ4v) is 12.8. The lowest BCUT2D eigenvalue weighted by molar-refractivity contribution is -0.256. The first kappa shape index (κ1) is 39.6. The van der Waals surface area contributed by atoms with Crippen molar-refractivity contribution in [3.05, 3.63) is 11.6 Å². The Kier molecular flexibility index (Phi) is 10.4. The molecular formula is C42H72N6O4. The summed E-state index contributed by atoms with van der Waals surface area (Å²) < 4.78 is 14.2. The maximum atomic E-state index is 13.6. The van der Waals surface area contributed by atoms with E-state index in [0.29, 0.717) is 49.4 Å². The SMILES string of the molecule is CC(C)CCN[C@@](C)(CO[C@H]1[C@H](n2nnc(N)n2)C[C@]2(C)COC[C@@]13C1=CC[C@@]4(C)[C@H](C(=O)O)[C@@](C)([C@H](C)C(C)C)CC[C@]4(C)[C@H]1CC[C@H]23)C(C)C. The maximum Gasteiger partial charge on any atom is 0.307 e. The summed E-state index contributed by atoms with van der Waals surface area (Å²) in [6, 6.07) is -0.170. The first-order valence-electron chi connectivity index (χ1n) is 20.6. The molecule has 1 aliphatic heterocycles. The van der Waals surface area contributed by atoms with Gasteiger partial charge in [-0.1, -0.05) is 92.9 Å². The number of fused-ring (bicyclic) bond motifs is 3. The second-order valence-electron chi connectivity index (χ2n) is 20.5. The Labute approximate surface area is 314 Å². The van der Waals surface area contributed by atoms with E-state index in [9.17, 15) is 9.90 Å². The molecule has 12 atom stereocenters. The average Bonchev–Trinajstić information content (AvgIpc) is 3.49. The van der Waals surface area contributed by atoms with Gasteiger partial charge in [-0.2, -0.15) is 4.80 Å². The van der Waals surface area contributed by atoms with Crippen LogP contribution in [0.25, 0.3) is 0 Å². The summed E-state index contributed by atoms with van der Waals surface area (Å²) in [6.45, 7) is 30.4. The van der Waals surface area contributed by atoms with E-state index in [0.717, 1.165) is 51.5 Å². The van der Waals surface area contributed by atoms with Gasteiger partial charge in [0.1, 0.15) is 6.04 Å². The predicted molar refractivity (Wildman–Crippen MR) is 205 cm³/mol. The van der Waals surface area contributed by atoms with Crippen LogP contribution < -0.4 is 11.1 Å². The molecule has 294 valence electrons. The fraction of sp³-hybridized carbons (Fsp3) is 0.905. The van der Waals surface area contributed by atoms with Crippen molar-refractivity contribution in [1.82, 2.24) is 25.5 Å². The molecule has 0 amide bonds. The van der Waals surface area contributed by atoms with E-state index >= 15 is 0 Å². The van der Waals surface area contributed by atoms with E-state index < -0.39 is 22.7 Å². The van der Waals surface area contributed by atoms with Gasteiger partial charge in [0.05, 0.1) is 31.8 Å². The molecule has 10 heteroatoms. The van der Waals surface area contributed by atoms with Crippen LogP contribution in [-0.2, 0) is 14.3 Å². The van der Waals surface area contributed by atoms with Crippen LogP contribution >= 0.6 is 0 Å². The number of anilines is 1. The molecule has 0 aromatic carbocycles. The number of tetrazole rings is 1. The Hall–Kier alpha value is -2.04. The van der Waals surface area contributed by atoms with Crippen LogP contribution in [0.5, 0.6) is 0 Å². The highest BCUT2D eigenvalue weighted by atomic mass is 16.5. The Balaban J connectivity index is 1.48. The monoisotopic (exact) mass is 725 g/mol. The van der Waals surface area contributed by atoms with Crippen LogP contribution in [0, 0.1) is 68.5 Å². The van der Waals surface area contributed by atoms with Gasteiger partial charge in [0.25, 0.3) is 5.95 Å². The summed E-state index contributed by atoms with van der Waals surface area (Å²) in [7, 11) is 0. The van der Waals surface area contributed by atoms with E-state index in [-0.39, 0.29) is 45.8 Å². The minimum absolute atomic E-state index is 0.114. The number of hydrogen-bond acceptors (Lipinski definition) is 8. The number of carboxylic acids is 1. The third kappa shape index (κ3) is 5.89. The summed E-state index contributed by atoms with van der Waals surface area (Å²) in [5.74, 6) is 1.36. The van der Waals surface area contributed by atoms with Gasteiger partial charge < -0.3 is 25.6 Å².